The van der Waals surface area contributed by atoms with Crippen LogP contribution in [-0.4, -0.2) is 36.6 Å². The molecule has 0 bridgehead atoms. The van der Waals surface area contributed by atoms with Crippen molar-refractivity contribution >= 4 is 29.3 Å². The van der Waals surface area contributed by atoms with Crippen molar-refractivity contribution in [1.82, 2.24) is 19.3 Å². The summed E-state index contributed by atoms with van der Waals surface area (Å²) in [6, 6.07) is 10.4. The molecule has 0 fully saturated rings. The number of thioether (sulfide) groups is 1. The summed E-state index contributed by atoms with van der Waals surface area (Å²) in [5, 5.41) is 11.4. The number of carbonyl (C=O) groups is 1. The Morgan fingerprint density at radius 3 is 2.17 bits per heavy atom. The zero-order chi connectivity index (χ0) is 31.2. The maximum atomic E-state index is 13.0. The zero-order valence-corrected chi connectivity index (χ0v) is 23.3. The normalized spacial score (nSPS) is 11.5. The average Bonchev–Trinajstić information content (AvgIpc) is 3.30. The molecule has 16 heteroatoms. The number of hydrogen-bond donors (Lipinski definition) is 1. The van der Waals surface area contributed by atoms with E-state index in [0.29, 0.717) is 28.6 Å². The predicted octanol–water partition coefficient (Wildman–Crippen LogP) is 6.49. The van der Waals surface area contributed by atoms with Crippen molar-refractivity contribution in [3.05, 3.63) is 98.7 Å². The maximum Gasteiger partial charge on any atom is 0.490 e. The van der Waals surface area contributed by atoms with Crippen LogP contribution in [0.1, 0.15) is 22.3 Å². The van der Waals surface area contributed by atoms with Gasteiger partial charge in [-0.3, -0.25) is 9.48 Å². The molecule has 0 amide bonds. The van der Waals surface area contributed by atoms with Crippen molar-refractivity contribution < 1.29 is 41.0 Å². The maximum absolute atomic E-state index is 13.0. The van der Waals surface area contributed by atoms with Crippen LogP contribution < -0.4 is 10.3 Å². The number of carboxylic acid groups (broad SMARTS) is 1. The number of carboxylic acids is 1. The van der Waals surface area contributed by atoms with Crippen LogP contribution in [0.25, 0.3) is 0 Å². The second-order valence-corrected chi connectivity index (χ2v) is 9.99. The van der Waals surface area contributed by atoms with E-state index in [2.05, 4.69) is 10.1 Å². The molecule has 8 nitrogen and oxygen atoms in total. The number of rotatable bonds is 7. The van der Waals surface area contributed by atoms with Crippen LogP contribution in [0.5, 0.6) is 11.5 Å². The molecule has 0 radical (unpaired) electrons. The van der Waals surface area contributed by atoms with Crippen molar-refractivity contribution in [3.63, 3.8) is 0 Å². The van der Waals surface area contributed by atoms with Gasteiger partial charge < -0.3 is 14.4 Å². The topological polar surface area (TPSA) is 99.2 Å². The minimum Gasteiger partial charge on any atom is -0.475 e. The molecule has 1 N–H and O–H groups in total. The Bertz CT molecular complexity index is 1600. The lowest BCUT2D eigenvalue weighted by atomic mass is 10.1. The summed E-state index contributed by atoms with van der Waals surface area (Å²) in [5.41, 5.74) is 1.22. The van der Waals surface area contributed by atoms with Crippen LogP contribution in [0.2, 0.25) is 5.02 Å². The Balaban J connectivity index is 0.000000616. The van der Waals surface area contributed by atoms with E-state index >= 15 is 0 Å². The minimum absolute atomic E-state index is 0.0365. The van der Waals surface area contributed by atoms with Crippen LogP contribution in [0.3, 0.4) is 0 Å². The molecular formula is C26H21ClF6N4O4S. The molecule has 2 aromatic carbocycles. The second-order valence-electron chi connectivity index (χ2n) is 8.64. The van der Waals surface area contributed by atoms with Gasteiger partial charge in [0.2, 0.25) is 0 Å². The summed E-state index contributed by atoms with van der Waals surface area (Å²) in [5.74, 6) is -1.79. The van der Waals surface area contributed by atoms with Crippen LogP contribution in [0, 0.1) is 0 Å². The smallest absolute Gasteiger partial charge is 0.475 e. The predicted molar refractivity (Wildman–Crippen MR) is 142 cm³/mol. The van der Waals surface area contributed by atoms with E-state index in [1.165, 1.54) is 17.8 Å². The van der Waals surface area contributed by atoms with Crippen LogP contribution in [-0.2, 0) is 37.2 Å². The number of alkyl halides is 6. The summed E-state index contributed by atoms with van der Waals surface area (Å²) in [7, 11) is 3.65. The van der Waals surface area contributed by atoms with Gasteiger partial charge in [0.15, 0.2) is 5.16 Å². The fraction of sp³-hybridized carbons (Fsp3) is 0.231. The lowest BCUT2D eigenvalue weighted by Crippen LogP contribution is -2.21. The highest BCUT2D eigenvalue weighted by atomic mass is 35.5. The van der Waals surface area contributed by atoms with E-state index in [0.717, 1.165) is 23.3 Å². The monoisotopic (exact) mass is 634 g/mol. The molecule has 0 atom stereocenters. The Morgan fingerprint density at radius 2 is 1.62 bits per heavy atom. The quantitative estimate of drug-likeness (QED) is 0.141. The SMILES string of the molecule is Cn1cc(Cc2cn(C)c(SCc3ccc(Oc4ccc(Cl)c(C(F)(F)F)c4)cc3)nc2=O)cn1.O=C(O)C(F)(F)F. The molecule has 2 heterocycles. The average molecular weight is 635 g/mol. The first kappa shape index (κ1) is 32.5. The Kier molecular flexibility index (Phi) is 10.3. The molecule has 0 unspecified atom stereocenters. The molecule has 0 aliphatic heterocycles. The molecule has 0 saturated heterocycles. The largest absolute Gasteiger partial charge is 0.490 e. The number of aliphatic carboxylic acids is 1. The molecule has 0 aliphatic carbocycles. The minimum atomic E-state index is -5.08. The van der Waals surface area contributed by atoms with Crippen molar-refractivity contribution in [2.45, 2.75) is 29.7 Å². The third-order valence-electron chi connectivity index (χ3n) is 5.29. The molecule has 0 spiro atoms. The first-order chi connectivity index (χ1) is 19.5. The molecule has 0 saturated carbocycles. The lowest BCUT2D eigenvalue weighted by Gasteiger charge is -2.12. The molecule has 42 heavy (non-hydrogen) atoms. The van der Waals surface area contributed by atoms with E-state index in [-0.39, 0.29) is 16.3 Å². The van der Waals surface area contributed by atoms with Gasteiger partial charge in [0.1, 0.15) is 11.5 Å². The van der Waals surface area contributed by atoms with E-state index in [4.69, 9.17) is 26.2 Å². The van der Waals surface area contributed by atoms with Crippen molar-refractivity contribution in [2.75, 3.05) is 0 Å². The van der Waals surface area contributed by atoms with Gasteiger partial charge in [0.25, 0.3) is 5.56 Å². The fourth-order valence-corrected chi connectivity index (χ4v) is 4.46. The van der Waals surface area contributed by atoms with E-state index in [1.54, 1.807) is 41.3 Å². The van der Waals surface area contributed by atoms with Gasteiger partial charge in [0.05, 0.1) is 16.8 Å². The summed E-state index contributed by atoms with van der Waals surface area (Å²) in [6.07, 6.45) is -3.83. The van der Waals surface area contributed by atoms with Gasteiger partial charge in [-0.1, -0.05) is 35.5 Å². The van der Waals surface area contributed by atoms with Crippen molar-refractivity contribution in [2.24, 2.45) is 14.1 Å². The number of ether oxygens (including phenoxy) is 1. The number of nitrogens with zero attached hydrogens (tertiary/aromatic N) is 4. The van der Waals surface area contributed by atoms with Crippen LogP contribution in [0.4, 0.5) is 26.3 Å². The summed E-state index contributed by atoms with van der Waals surface area (Å²) in [4.78, 5) is 25.6. The van der Waals surface area contributed by atoms with Gasteiger partial charge in [-0.2, -0.15) is 36.4 Å². The van der Waals surface area contributed by atoms with Crippen LogP contribution in [0.15, 0.2) is 71.0 Å². The van der Waals surface area contributed by atoms with Gasteiger partial charge >= 0.3 is 18.3 Å². The highest BCUT2D eigenvalue weighted by molar-refractivity contribution is 7.98. The van der Waals surface area contributed by atoms with Crippen LogP contribution >= 0.6 is 23.4 Å². The number of halogens is 7. The second kappa shape index (κ2) is 13.3. The Morgan fingerprint density at radius 1 is 1.00 bits per heavy atom. The summed E-state index contributed by atoms with van der Waals surface area (Å²) < 4.78 is 79.9. The summed E-state index contributed by atoms with van der Waals surface area (Å²) >= 11 is 7.05. The van der Waals surface area contributed by atoms with Gasteiger partial charge in [0, 0.05) is 44.2 Å². The number of benzene rings is 2. The summed E-state index contributed by atoms with van der Waals surface area (Å²) in [6.45, 7) is 0. The number of aryl methyl sites for hydroxylation is 2. The van der Waals surface area contributed by atoms with E-state index in [1.807, 2.05) is 24.9 Å². The zero-order valence-electron chi connectivity index (χ0n) is 21.7. The lowest BCUT2D eigenvalue weighted by molar-refractivity contribution is -0.192. The first-order valence-electron chi connectivity index (χ1n) is 11.6. The highest BCUT2D eigenvalue weighted by Crippen LogP contribution is 2.37. The third kappa shape index (κ3) is 9.27. The molecule has 224 valence electrons. The van der Waals surface area contributed by atoms with Gasteiger partial charge in [-0.25, -0.2) is 4.79 Å². The Hall–Kier alpha value is -3.98. The van der Waals surface area contributed by atoms with E-state index in [9.17, 15) is 31.1 Å². The first-order valence-corrected chi connectivity index (χ1v) is 13.0. The molecule has 4 rings (SSSR count). The highest BCUT2D eigenvalue weighted by Gasteiger charge is 2.38. The molecular weight excluding hydrogens is 614 g/mol. The molecule has 2 aromatic heterocycles. The Labute approximate surface area is 243 Å². The van der Waals surface area contributed by atoms with Crippen molar-refractivity contribution in [3.8, 4) is 11.5 Å². The van der Waals surface area contributed by atoms with Crippen molar-refractivity contribution in [1.29, 1.82) is 0 Å². The standard InChI is InChI=1S/C24H20ClF3N4O2S.C2HF3O2/c1-31-13-17(9-16-11-29-32(2)12-16)22(33)30-23(31)35-14-15-3-5-18(6-4-15)34-19-7-8-21(25)20(10-19)24(26,27)28;3-2(4,5)1(6)7/h3-8,10-13H,9,14H2,1-2H3;(H,6,7). The number of hydrogen-bond acceptors (Lipinski definition) is 6. The number of aromatic nitrogens is 4. The molecule has 0 aliphatic rings. The van der Waals surface area contributed by atoms with E-state index < -0.39 is 23.9 Å². The third-order valence-corrected chi connectivity index (χ3v) is 6.73. The fourth-order valence-electron chi connectivity index (χ4n) is 3.34. The van der Waals surface area contributed by atoms with Gasteiger partial charge in [-0.05, 0) is 41.5 Å². The van der Waals surface area contributed by atoms with Gasteiger partial charge in [-0.15, -0.1) is 0 Å². The molecule has 4 aromatic rings.